The van der Waals surface area contributed by atoms with Gasteiger partial charge in [0.2, 0.25) is 0 Å². The number of rotatable bonds is 4. The second-order valence-corrected chi connectivity index (χ2v) is 6.44. The molecule has 0 spiro atoms. The Labute approximate surface area is 150 Å². The zero-order chi connectivity index (χ0) is 18.5. The van der Waals surface area contributed by atoms with E-state index in [1.165, 1.54) is 24.6 Å². The SMILES string of the molecule is O=C(NC1CCCCC1)c1ccc(NC(=O)c2c(F)cccc2F)cc1. The van der Waals surface area contributed by atoms with E-state index >= 15 is 0 Å². The number of halogens is 2. The number of carbonyl (C=O) groups is 2. The summed E-state index contributed by atoms with van der Waals surface area (Å²) in [5.41, 5.74) is 0.198. The third-order valence-corrected chi connectivity index (χ3v) is 4.54. The molecular weight excluding hydrogens is 338 g/mol. The maximum Gasteiger partial charge on any atom is 0.261 e. The molecule has 0 aliphatic heterocycles. The lowest BCUT2D eigenvalue weighted by Crippen LogP contribution is -2.36. The summed E-state index contributed by atoms with van der Waals surface area (Å²) in [6.07, 6.45) is 5.45. The van der Waals surface area contributed by atoms with Gasteiger partial charge in [-0.1, -0.05) is 25.3 Å². The molecule has 1 aliphatic carbocycles. The average molecular weight is 358 g/mol. The van der Waals surface area contributed by atoms with Crippen molar-refractivity contribution in [3.05, 3.63) is 65.2 Å². The van der Waals surface area contributed by atoms with Crippen LogP contribution in [0.1, 0.15) is 52.8 Å². The number of amides is 2. The summed E-state index contributed by atoms with van der Waals surface area (Å²) in [7, 11) is 0. The van der Waals surface area contributed by atoms with Crippen molar-refractivity contribution < 1.29 is 18.4 Å². The number of anilines is 1. The Morgan fingerprint density at radius 1 is 0.846 bits per heavy atom. The fourth-order valence-corrected chi connectivity index (χ4v) is 3.13. The average Bonchev–Trinajstić information content (AvgIpc) is 2.63. The van der Waals surface area contributed by atoms with Crippen LogP contribution in [0.25, 0.3) is 0 Å². The second-order valence-electron chi connectivity index (χ2n) is 6.44. The van der Waals surface area contributed by atoms with Crippen LogP contribution in [0.15, 0.2) is 42.5 Å². The first-order valence-corrected chi connectivity index (χ1v) is 8.71. The molecule has 136 valence electrons. The number of benzene rings is 2. The topological polar surface area (TPSA) is 58.2 Å². The Morgan fingerprint density at radius 3 is 2.08 bits per heavy atom. The minimum absolute atomic E-state index is 0.157. The number of nitrogens with one attached hydrogen (secondary N) is 2. The molecule has 26 heavy (non-hydrogen) atoms. The predicted molar refractivity (Wildman–Crippen MR) is 95.1 cm³/mol. The summed E-state index contributed by atoms with van der Waals surface area (Å²) in [5.74, 6) is -2.88. The molecule has 4 nitrogen and oxygen atoms in total. The van der Waals surface area contributed by atoms with E-state index in [2.05, 4.69) is 10.6 Å². The minimum Gasteiger partial charge on any atom is -0.349 e. The van der Waals surface area contributed by atoms with Crippen LogP contribution in [0.2, 0.25) is 0 Å². The molecule has 2 aromatic carbocycles. The largest absolute Gasteiger partial charge is 0.349 e. The number of carbonyl (C=O) groups excluding carboxylic acids is 2. The third kappa shape index (κ3) is 4.25. The highest BCUT2D eigenvalue weighted by molar-refractivity contribution is 6.05. The van der Waals surface area contributed by atoms with Gasteiger partial charge in [-0.25, -0.2) is 8.78 Å². The first-order chi connectivity index (χ1) is 12.5. The lowest BCUT2D eigenvalue weighted by molar-refractivity contribution is 0.0927. The van der Waals surface area contributed by atoms with Gasteiger partial charge in [-0.2, -0.15) is 0 Å². The molecule has 1 fully saturated rings. The fraction of sp³-hybridized carbons (Fsp3) is 0.300. The van der Waals surface area contributed by atoms with E-state index in [0.717, 1.165) is 37.8 Å². The summed E-state index contributed by atoms with van der Waals surface area (Å²) in [4.78, 5) is 24.3. The molecule has 0 bridgehead atoms. The molecule has 0 unspecified atom stereocenters. The van der Waals surface area contributed by atoms with Crippen molar-refractivity contribution in [3.8, 4) is 0 Å². The van der Waals surface area contributed by atoms with Crippen molar-refractivity contribution in [1.82, 2.24) is 5.32 Å². The highest BCUT2D eigenvalue weighted by atomic mass is 19.1. The lowest BCUT2D eigenvalue weighted by atomic mass is 9.95. The van der Waals surface area contributed by atoms with E-state index in [1.807, 2.05) is 0 Å². The molecule has 6 heteroatoms. The molecule has 0 radical (unpaired) electrons. The van der Waals surface area contributed by atoms with E-state index in [4.69, 9.17) is 0 Å². The summed E-state index contributed by atoms with van der Waals surface area (Å²) in [6.45, 7) is 0. The van der Waals surface area contributed by atoms with Crippen LogP contribution in [0.3, 0.4) is 0 Å². The number of hydrogen-bond acceptors (Lipinski definition) is 2. The Kier molecular flexibility index (Phi) is 5.61. The van der Waals surface area contributed by atoms with Crippen LogP contribution < -0.4 is 10.6 Å². The molecule has 0 aromatic heterocycles. The Bertz CT molecular complexity index is 780. The first-order valence-electron chi connectivity index (χ1n) is 8.71. The zero-order valence-electron chi connectivity index (χ0n) is 14.2. The minimum atomic E-state index is -0.925. The van der Waals surface area contributed by atoms with Crippen molar-refractivity contribution in [3.63, 3.8) is 0 Å². The van der Waals surface area contributed by atoms with Gasteiger partial charge in [0.1, 0.15) is 17.2 Å². The van der Waals surface area contributed by atoms with Gasteiger partial charge in [0.05, 0.1) is 0 Å². The summed E-state index contributed by atoms with van der Waals surface area (Å²) in [6, 6.07) is 9.67. The van der Waals surface area contributed by atoms with Crippen molar-refractivity contribution >= 4 is 17.5 Å². The maximum atomic E-state index is 13.6. The second kappa shape index (κ2) is 8.08. The monoisotopic (exact) mass is 358 g/mol. The van der Waals surface area contributed by atoms with Crippen LogP contribution >= 0.6 is 0 Å². The van der Waals surface area contributed by atoms with Crippen molar-refractivity contribution in [2.24, 2.45) is 0 Å². The highest BCUT2D eigenvalue weighted by Crippen LogP contribution is 2.19. The van der Waals surface area contributed by atoms with Gasteiger partial charge in [0.15, 0.2) is 0 Å². The van der Waals surface area contributed by atoms with Gasteiger partial charge < -0.3 is 10.6 Å². The van der Waals surface area contributed by atoms with Gasteiger partial charge in [-0.15, -0.1) is 0 Å². The zero-order valence-corrected chi connectivity index (χ0v) is 14.2. The Morgan fingerprint density at radius 2 is 1.46 bits per heavy atom. The van der Waals surface area contributed by atoms with Crippen LogP contribution in [0.5, 0.6) is 0 Å². The van der Waals surface area contributed by atoms with E-state index in [0.29, 0.717) is 11.3 Å². The quantitative estimate of drug-likeness (QED) is 0.857. The maximum absolute atomic E-state index is 13.6. The summed E-state index contributed by atoms with van der Waals surface area (Å²) >= 11 is 0. The predicted octanol–water partition coefficient (Wildman–Crippen LogP) is 4.28. The van der Waals surface area contributed by atoms with Crippen LogP contribution in [0, 0.1) is 11.6 Å². The molecule has 0 saturated heterocycles. The van der Waals surface area contributed by atoms with E-state index in [1.54, 1.807) is 12.1 Å². The Hall–Kier alpha value is -2.76. The molecular formula is C20H20F2N2O2. The number of hydrogen-bond donors (Lipinski definition) is 2. The van der Waals surface area contributed by atoms with Gasteiger partial charge in [-0.3, -0.25) is 9.59 Å². The molecule has 3 rings (SSSR count). The summed E-state index contributed by atoms with van der Waals surface area (Å²) in [5, 5.41) is 5.45. The first kappa shape index (κ1) is 18.0. The van der Waals surface area contributed by atoms with Gasteiger partial charge in [0, 0.05) is 17.3 Å². The fourth-order valence-electron chi connectivity index (χ4n) is 3.13. The smallest absolute Gasteiger partial charge is 0.261 e. The summed E-state index contributed by atoms with van der Waals surface area (Å²) < 4.78 is 27.3. The van der Waals surface area contributed by atoms with Crippen LogP contribution in [0.4, 0.5) is 14.5 Å². The molecule has 0 atom stereocenters. The van der Waals surface area contributed by atoms with Crippen molar-refractivity contribution in [2.75, 3.05) is 5.32 Å². The Balaban J connectivity index is 1.64. The van der Waals surface area contributed by atoms with Gasteiger partial charge in [-0.05, 0) is 49.2 Å². The van der Waals surface area contributed by atoms with Gasteiger partial charge >= 0.3 is 0 Å². The van der Waals surface area contributed by atoms with Crippen LogP contribution in [-0.2, 0) is 0 Å². The molecule has 2 aromatic rings. The molecule has 2 amide bonds. The molecule has 1 saturated carbocycles. The van der Waals surface area contributed by atoms with E-state index in [9.17, 15) is 18.4 Å². The molecule has 0 heterocycles. The third-order valence-electron chi connectivity index (χ3n) is 4.54. The van der Waals surface area contributed by atoms with Crippen LogP contribution in [-0.4, -0.2) is 17.9 Å². The lowest BCUT2D eigenvalue weighted by Gasteiger charge is -2.22. The van der Waals surface area contributed by atoms with E-state index < -0.39 is 23.1 Å². The van der Waals surface area contributed by atoms with Gasteiger partial charge in [0.25, 0.3) is 11.8 Å². The van der Waals surface area contributed by atoms with Crippen molar-refractivity contribution in [2.45, 2.75) is 38.1 Å². The highest BCUT2D eigenvalue weighted by Gasteiger charge is 2.18. The molecule has 1 aliphatic rings. The molecule has 2 N–H and O–H groups in total. The van der Waals surface area contributed by atoms with E-state index in [-0.39, 0.29) is 11.9 Å². The normalized spacial score (nSPS) is 14.7. The standard InChI is InChI=1S/C20H20F2N2O2/c21-16-7-4-8-17(22)18(16)20(26)24-15-11-9-13(10-12-15)19(25)23-14-5-2-1-3-6-14/h4,7-12,14H,1-3,5-6H2,(H,23,25)(H,24,26). The van der Waals surface area contributed by atoms with Crippen molar-refractivity contribution in [1.29, 1.82) is 0 Å².